The van der Waals surface area contributed by atoms with Crippen LogP contribution in [0.5, 0.6) is 0 Å². The molecule has 4 nitrogen and oxygen atoms in total. The molecular weight excluding hydrogens is 248 g/mol. The molecule has 1 saturated heterocycles. The summed E-state index contributed by atoms with van der Waals surface area (Å²) in [6, 6.07) is 2.99. The molecule has 1 aliphatic heterocycles. The smallest absolute Gasteiger partial charge is 0.243 e. The third kappa shape index (κ3) is 2.21. The number of sulfonamides is 1. The number of hydrogen-bond donors (Lipinski definition) is 0. The van der Waals surface area contributed by atoms with Crippen LogP contribution in [0.2, 0.25) is 5.15 Å². The van der Waals surface area contributed by atoms with Gasteiger partial charge in [-0.3, -0.25) is 0 Å². The SMILES string of the molecule is CC1CCN(S(=O)(=O)c2ccc(Cl)nc2)C1. The Morgan fingerprint density at radius 3 is 2.75 bits per heavy atom. The van der Waals surface area contributed by atoms with Crippen molar-refractivity contribution in [2.75, 3.05) is 13.1 Å². The molecule has 2 heterocycles. The van der Waals surface area contributed by atoms with Gasteiger partial charge in [0.1, 0.15) is 10.0 Å². The maximum Gasteiger partial charge on any atom is 0.244 e. The highest BCUT2D eigenvalue weighted by molar-refractivity contribution is 7.89. The molecule has 0 bridgehead atoms. The van der Waals surface area contributed by atoms with Gasteiger partial charge in [-0.05, 0) is 24.5 Å². The molecule has 2 rings (SSSR count). The highest BCUT2D eigenvalue weighted by atomic mass is 35.5. The number of aromatic nitrogens is 1. The lowest BCUT2D eigenvalue weighted by Crippen LogP contribution is -2.28. The van der Waals surface area contributed by atoms with E-state index in [2.05, 4.69) is 11.9 Å². The van der Waals surface area contributed by atoms with Crippen LogP contribution in [0.3, 0.4) is 0 Å². The van der Waals surface area contributed by atoms with Crippen LogP contribution >= 0.6 is 11.6 Å². The molecule has 0 radical (unpaired) electrons. The quantitative estimate of drug-likeness (QED) is 0.762. The van der Waals surface area contributed by atoms with Gasteiger partial charge in [-0.1, -0.05) is 18.5 Å². The predicted octanol–water partition coefficient (Wildman–Crippen LogP) is 1.77. The Balaban J connectivity index is 2.29. The lowest BCUT2D eigenvalue weighted by atomic mass is 10.2. The van der Waals surface area contributed by atoms with Gasteiger partial charge in [0.15, 0.2) is 0 Å². The van der Waals surface area contributed by atoms with Gasteiger partial charge in [0.05, 0.1) is 0 Å². The maximum atomic E-state index is 12.1. The molecule has 0 spiro atoms. The van der Waals surface area contributed by atoms with Crippen molar-refractivity contribution in [2.45, 2.75) is 18.2 Å². The Kier molecular flexibility index (Phi) is 3.19. The first-order valence-electron chi connectivity index (χ1n) is 5.12. The van der Waals surface area contributed by atoms with E-state index in [1.807, 2.05) is 0 Å². The van der Waals surface area contributed by atoms with E-state index in [4.69, 9.17) is 11.6 Å². The molecule has 88 valence electrons. The zero-order valence-corrected chi connectivity index (χ0v) is 10.5. The van der Waals surface area contributed by atoms with Gasteiger partial charge < -0.3 is 0 Å². The Hall–Kier alpha value is -0.650. The van der Waals surface area contributed by atoms with Crippen LogP contribution in [0.4, 0.5) is 0 Å². The predicted molar refractivity (Wildman–Crippen MR) is 61.8 cm³/mol. The number of pyridine rings is 1. The Labute approximate surface area is 100 Å². The third-order valence-electron chi connectivity index (χ3n) is 2.72. The van der Waals surface area contributed by atoms with Crippen molar-refractivity contribution in [3.05, 3.63) is 23.5 Å². The van der Waals surface area contributed by atoms with Gasteiger partial charge in [-0.2, -0.15) is 4.31 Å². The van der Waals surface area contributed by atoms with Crippen molar-refractivity contribution < 1.29 is 8.42 Å². The summed E-state index contributed by atoms with van der Waals surface area (Å²) in [6.07, 6.45) is 2.22. The molecule has 0 N–H and O–H groups in total. The van der Waals surface area contributed by atoms with Crippen LogP contribution in [0.15, 0.2) is 23.2 Å². The van der Waals surface area contributed by atoms with Crippen LogP contribution in [-0.4, -0.2) is 30.8 Å². The molecule has 0 aromatic carbocycles. The van der Waals surface area contributed by atoms with Gasteiger partial charge in [0.2, 0.25) is 10.0 Å². The van der Waals surface area contributed by atoms with E-state index in [0.717, 1.165) is 6.42 Å². The van der Waals surface area contributed by atoms with Gasteiger partial charge in [0, 0.05) is 19.3 Å². The summed E-state index contributed by atoms with van der Waals surface area (Å²) >= 11 is 5.63. The number of rotatable bonds is 2. The molecule has 16 heavy (non-hydrogen) atoms. The maximum absolute atomic E-state index is 12.1. The third-order valence-corrected chi connectivity index (χ3v) is 4.80. The van der Waals surface area contributed by atoms with Crippen LogP contribution in [0.25, 0.3) is 0 Å². The lowest BCUT2D eigenvalue weighted by molar-refractivity contribution is 0.464. The van der Waals surface area contributed by atoms with Crippen LogP contribution in [0.1, 0.15) is 13.3 Å². The normalized spacial score (nSPS) is 22.5. The summed E-state index contributed by atoms with van der Waals surface area (Å²) in [5, 5.41) is 0.300. The molecule has 1 unspecified atom stereocenters. The summed E-state index contributed by atoms with van der Waals surface area (Å²) in [5.41, 5.74) is 0. The van der Waals surface area contributed by atoms with Crippen molar-refractivity contribution in [2.24, 2.45) is 5.92 Å². The first kappa shape index (κ1) is 11.8. The molecule has 0 amide bonds. The molecule has 1 aromatic heterocycles. The van der Waals surface area contributed by atoms with E-state index in [9.17, 15) is 8.42 Å². The fourth-order valence-electron chi connectivity index (χ4n) is 1.78. The molecular formula is C10H13ClN2O2S. The second-order valence-corrected chi connectivity index (χ2v) is 6.40. The van der Waals surface area contributed by atoms with Crippen molar-refractivity contribution in [1.82, 2.24) is 9.29 Å². The van der Waals surface area contributed by atoms with E-state index in [1.165, 1.54) is 22.6 Å². The van der Waals surface area contributed by atoms with Gasteiger partial charge in [0.25, 0.3) is 0 Å². The Morgan fingerprint density at radius 1 is 1.50 bits per heavy atom. The minimum absolute atomic E-state index is 0.214. The average molecular weight is 261 g/mol. The molecule has 0 saturated carbocycles. The molecule has 6 heteroatoms. The lowest BCUT2D eigenvalue weighted by Gasteiger charge is -2.15. The summed E-state index contributed by atoms with van der Waals surface area (Å²) in [6.45, 7) is 3.23. The summed E-state index contributed by atoms with van der Waals surface area (Å²) in [5.74, 6) is 0.426. The molecule has 0 aliphatic carbocycles. The molecule has 1 atom stereocenters. The fraction of sp³-hybridized carbons (Fsp3) is 0.500. The summed E-state index contributed by atoms with van der Waals surface area (Å²) < 4.78 is 25.8. The minimum Gasteiger partial charge on any atom is -0.243 e. The monoisotopic (exact) mass is 260 g/mol. The number of nitrogens with zero attached hydrogens (tertiary/aromatic N) is 2. The second-order valence-electron chi connectivity index (χ2n) is 4.07. The van der Waals surface area contributed by atoms with Crippen molar-refractivity contribution in [1.29, 1.82) is 0 Å². The van der Waals surface area contributed by atoms with Crippen LogP contribution in [-0.2, 0) is 10.0 Å². The molecule has 1 fully saturated rings. The largest absolute Gasteiger partial charge is 0.244 e. The fourth-order valence-corrected chi connectivity index (χ4v) is 3.41. The van der Waals surface area contributed by atoms with Crippen molar-refractivity contribution in [3.63, 3.8) is 0 Å². The highest BCUT2D eigenvalue weighted by Crippen LogP contribution is 2.23. The Morgan fingerprint density at radius 2 is 2.25 bits per heavy atom. The van der Waals surface area contributed by atoms with E-state index >= 15 is 0 Å². The van der Waals surface area contributed by atoms with Crippen molar-refractivity contribution >= 4 is 21.6 Å². The van der Waals surface area contributed by atoms with Crippen molar-refractivity contribution in [3.8, 4) is 0 Å². The molecule has 1 aromatic rings. The van der Waals surface area contributed by atoms with E-state index in [-0.39, 0.29) is 4.90 Å². The Bertz CT molecular complexity index is 472. The zero-order chi connectivity index (χ0) is 11.8. The van der Waals surface area contributed by atoms with E-state index in [0.29, 0.717) is 24.2 Å². The van der Waals surface area contributed by atoms with E-state index < -0.39 is 10.0 Å². The topological polar surface area (TPSA) is 50.3 Å². The first-order valence-corrected chi connectivity index (χ1v) is 6.93. The first-order chi connectivity index (χ1) is 7.50. The van der Waals surface area contributed by atoms with Crippen LogP contribution < -0.4 is 0 Å². The van der Waals surface area contributed by atoms with Gasteiger partial charge in [-0.25, -0.2) is 13.4 Å². The van der Waals surface area contributed by atoms with Gasteiger partial charge in [-0.15, -0.1) is 0 Å². The van der Waals surface area contributed by atoms with Gasteiger partial charge >= 0.3 is 0 Å². The average Bonchev–Trinajstić information content (AvgIpc) is 2.66. The molecule has 1 aliphatic rings. The summed E-state index contributed by atoms with van der Waals surface area (Å²) in [4.78, 5) is 4.01. The number of halogens is 1. The standard InChI is InChI=1S/C10H13ClN2O2S/c1-8-4-5-13(7-8)16(14,15)9-2-3-10(11)12-6-9/h2-3,6,8H,4-5,7H2,1H3. The second kappa shape index (κ2) is 4.31. The number of hydrogen-bond acceptors (Lipinski definition) is 3. The van der Waals surface area contributed by atoms with Crippen LogP contribution in [0, 0.1) is 5.92 Å². The van der Waals surface area contributed by atoms with E-state index in [1.54, 1.807) is 0 Å². The highest BCUT2D eigenvalue weighted by Gasteiger charge is 2.30. The minimum atomic E-state index is -3.38. The zero-order valence-electron chi connectivity index (χ0n) is 8.93. The summed E-state index contributed by atoms with van der Waals surface area (Å²) in [7, 11) is -3.38.